The van der Waals surface area contributed by atoms with Crippen LogP contribution in [-0.2, 0) is 6.42 Å². The van der Waals surface area contributed by atoms with Crippen LogP contribution in [0.5, 0.6) is 17.2 Å². The van der Waals surface area contributed by atoms with Gasteiger partial charge in [0.2, 0.25) is 0 Å². The first-order valence-corrected chi connectivity index (χ1v) is 13.4. The molecule has 0 aliphatic carbocycles. The summed E-state index contributed by atoms with van der Waals surface area (Å²) in [6, 6.07) is 27.7. The average molecular weight is 532 g/mol. The molecule has 5 rings (SSSR count). The normalized spacial score (nSPS) is 13.9. The molecule has 0 spiro atoms. The molecule has 0 amide bonds. The average Bonchev–Trinajstić information content (AvgIpc) is 3.23. The molecule has 5 heteroatoms. The molecule has 0 atom stereocenters. The molecule has 4 aromatic carbocycles. The Morgan fingerprint density at radius 1 is 0.684 bits per heavy atom. The molecule has 0 saturated carbocycles. The summed E-state index contributed by atoms with van der Waals surface area (Å²) < 4.78 is 17.0. The van der Waals surface area contributed by atoms with Crippen molar-refractivity contribution < 1.29 is 14.2 Å². The molecule has 0 aromatic heterocycles. The van der Waals surface area contributed by atoms with E-state index in [1.54, 1.807) is 14.2 Å². The number of fused-ring (bicyclic) bond motifs is 1. The number of benzene rings is 4. The van der Waals surface area contributed by atoms with Gasteiger partial charge in [0.25, 0.3) is 0 Å². The lowest BCUT2D eigenvalue weighted by molar-refractivity contribution is 0.214. The first-order chi connectivity index (χ1) is 18.2. The fraction of sp³-hybridized carbons (Fsp3) is 0.333. The molecule has 1 aliphatic heterocycles. The van der Waals surface area contributed by atoms with E-state index in [-0.39, 0.29) is 12.4 Å². The van der Waals surface area contributed by atoms with Crippen molar-refractivity contribution in [3.05, 3.63) is 90.0 Å². The number of hydrogen-bond donors (Lipinski definition) is 0. The molecule has 1 heterocycles. The molecular formula is C33H38ClNO3. The standard InChI is InChI=1S/C33H37NO3.ClH/c1-35-28-14-9-26(10-15-28)31-17-11-27-24-30(36-2)16-18-32(27)33(31)23-25-7-12-29(13-8-25)37-22-21-34-19-5-3-4-6-20-34;/h7-18,24H,3-6,19-23H2,1-2H3;1H. The van der Waals surface area contributed by atoms with Crippen LogP contribution in [0.3, 0.4) is 0 Å². The van der Waals surface area contributed by atoms with Crippen molar-refractivity contribution in [3.8, 4) is 28.4 Å². The summed E-state index contributed by atoms with van der Waals surface area (Å²) in [5.41, 5.74) is 4.98. The minimum atomic E-state index is 0. The maximum Gasteiger partial charge on any atom is 0.119 e. The molecule has 200 valence electrons. The van der Waals surface area contributed by atoms with Crippen LogP contribution < -0.4 is 14.2 Å². The molecule has 4 nitrogen and oxygen atoms in total. The van der Waals surface area contributed by atoms with Crippen molar-refractivity contribution in [2.45, 2.75) is 32.1 Å². The minimum Gasteiger partial charge on any atom is -0.497 e. The Hall–Kier alpha value is -3.21. The SMILES string of the molecule is COc1ccc(-c2ccc3cc(OC)ccc3c2Cc2ccc(OCCN3CCCCCC3)cc2)cc1.Cl. The highest BCUT2D eigenvalue weighted by Crippen LogP contribution is 2.34. The Bertz CT molecular complexity index is 1300. The van der Waals surface area contributed by atoms with Crippen LogP contribution in [0.15, 0.2) is 78.9 Å². The van der Waals surface area contributed by atoms with Crippen LogP contribution >= 0.6 is 12.4 Å². The topological polar surface area (TPSA) is 30.9 Å². The quantitative estimate of drug-likeness (QED) is 0.220. The highest BCUT2D eigenvalue weighted by molar-refractivity contribution is 5.93. The third-order valence-electron chi connectivity index (χ3n) is 7.42. The Kier molecular flexibility index (Phi) is 9.91. The van der Waals surface area contributed by atoms with E-state index in [2.05, 4.69) is 65.6 Å². The summed E-state index contributed by atoms with van der Waals surface area (Å²) in [5.74, 6) is 2.68. The molecular weight excluding hydrogens is 494 g/mol. The van der Waals surface area contributed by atoms with E-state index in [9.17, 15) is 0 Å². The third-order valence-corrected chi connectivity index (χ3v) is 7.42. The molecule has 1 fully saturated rings. The van der Waals surface area contributed by atoms with Crippen LogP contribution in [0.2, 0.25) is 0 Å². The summed E-state index contributed by atoms with van der Waals surface area (Å²) in [7, 11) is 3.41. The van der Waals surface area contributed by atoms with Crippen molar-refractivity contribution in [1.82, 2.24) is 4.90 Å². The lowest BCUT2D eigenvalue weighted by Crippen LogP contribution is -2.29. The largest absolute Gasteiger partial charge is 0.497 e. The van der Waals surface area contributed by atoms with Gasteiger partial charge in [0.05, 0.1) is 14.2 Å². The van der Waals surface area contributed by atoms with Gasteiger partial charge in [0, 0.05) is 6.54 Å². The second-order valence-electron chi connectivity index (χ2n) is 9.83. The van der Waals surface area contributed by atoms with Gasteiger partial charge in [-0.1, -0.05) is 55.3 Å². The molecule has 4 aromatic rings. The van der Waals surface area contributed by atoms with E-state index in [1.165, 1.54) is 71.8 Å². The molecule has 0 bridgehead atoms. The van der Waals surface area contributed by atoms with Gasteiger partial charge in [-0.2, -0.15) is 0 Å². The number of halogens is 1. The van der Waals surface area contributed by atoms with Crippen molar-refractivity contribution in [2.75, 3.05) is 40.5 Å². The van der Waals surface area contributed by atoms with Crippen LogP contribution in [0.1, 0.15) is 36.8 Å². The number of ether oxygens (including phenoxy) is 3. The van der Waals surface area contributed by atoms with Crippen molar-refractivity contribution in [2.24, 2.45) is 0 Å². The Morgan fingerprint density at radius 2 is 1.34 bits per heavy atom. The number of methoxy groups -OCH3 is 2. The van der Waals surface area contributed by atoms with Gasteiger partial charge in [0.15, 0.2) is 0 Å². The predicted octanol–water partition coefficient (Wildman–Crippen LogP) is 7.79. The van der Waals surface area contributed by atoms with E-state index in [1.807, 2.05) is 18.2 Å². The summed E-state index contributed by atoms with van der Waals surface area (Å²) >= 11 is 0. The number of nitrogens with zero attached hydrogens (tertiary/aromatic N) is 1. The molecule has 38 heavy (non-hydrogen) atoms. The first kappa shape index (κ1) is 27.8. The van der Waals surface area contributed by atoms with E-state index in [0.29, 0.717) is 0 Å². The highest BCUT2D eigenvalue weighted by Gasteiger charge is 2.13. The third kappa shape index (κ3) is 6.80. The second kappa shape index (κ2) is 13.5. The Morgan fingerprint density at radius 3 is 2.03 bits per heavy atom. The number of rotatable bonds is 9. The van der Waals surface area contributed by atoms with Gasteiger partial charge in [0.1, 0.15) is 23.9 Å². The zero-order valence-corrected chi connectivity index (χ0v) is 23.3. The fourth-order valence-electron chi connectivity index (χ4n) is 5.29. The zero-order valence-electron chi connectivity index (χ0n) is 22.4. The van der Waals surface area contributed by atoms with Crippen molar-refractivity contribution in [3.63, 3.8) is 0 Å². The molecule has 0 unspecified atom stereocenters. The van der Waals surface area contributed by atoms with E-state index in [4.69, 9.17) is 14.2 Å². The first-order valence-electron chi connectivity index (χ1n) is 13.4. The summed E-state index contributed by atoms with van der Waals surface area (Å²) in [4.78, 5) is 2.54. The summed E-state index contributed by atoms with van der Waals surface area (Å²) in [6.45, 7) is 4.16. The van der Waals surface area contributed by atoms with Crippen molar-refractivity contribution in [1.29, 1.82) is 0 Å². The second-order valence-corrected chi connectivity index (χ2v) is 9.83. The van der Waals surface area contributed by atoms with Gasteiger partial charge >= 0.3 is 0 Å². The molecule has 1 saturated heterocycles. The highest BCUT2D eigenvalue weighted by atomic mass is 35.5. The lowest BCUT2D eigenvalue weighted by atomic mass is 9.90. The van der Waals surface area contributed by atoms with Gasteiger partial charge in [-0.05, 0) is 102 Å². The Balaban J connectivity index is 0.00000336. The minimum absolute atomic E-state index is 0. The molecule has 1 aliphatic rings. The van der Waals surface area contributed by atoms with Crippen LogP contribution in [0.4, 0.5) is 0 Å². The summed E-state index contributed by atoms with van der Waals surface area (Å²) in [5, 5.41) is 2.42. The summed E-state index contributed by atoms with van der Waals surface area (Å²) in [6.07, 6.45) is 6.19. The van der Waals surface area contributed by atoms with Gasteiger partial charge in [-0.25, -0.2) is 0 Å². The van der Waals surface area contributed by atoms with Crippen LogP contribution in [0, 0.1) is 0 Å². The predicted molar refractivity (Wildman–Crippen MR) is 159 cm³/mol. The van der Waals surface area contributed by atoms with Gasteiger partial charge in [-0.3, -0.25) is 4.90 Å². The fourth-order valence-corrected chi connectivity index (χ4v) is 5.29. The van der Waals surface area contributed by atoms with Gasteiger partial charge in [-0.15, -0.1) is 12.4 Å². The lowest BCUT2D eigenvalue weighted by Gasteiger charge is -2.19. The van der Waals surface area contributed by atoms with Gasteiger partial charge < -0.3 is 14.2 Å². The van der Waals surface area contributed by atoms with Crippen LogP contribution in [0.25, 0.3) is 21.9 Å². The number of hydrogen-bond acceptors (Lipinski definition) is 4. The zero-order chi connectivity index (χ0) is 25.5. The number of likely N-dealkylation sites (tertiary alicyclic amines) is 1. The maximum atomic E-state index is 6.10. The smallest absolute Gasteiger partial charge is 0.119 e. The molecule has 0 N–H and O–H groups in total. The van der Waals surface area contributed by atoms with E-state index < -0.39 is 0 Å². The van der Waals surface area contributed by atoms with E-state index in [0.717, 1.165) is 36.8 Å². The maximum absolute atomic E-state index is 6.10. The van der Waals surface area contributed by atoms with Crippen molar-refractivity contribution >= 4 is 23.2 Å². The molecule has 0 radical (unpaired) electrons. The Labute approximate surface area is 232 Å². The van der Waals surface area contributed by atoms with E-state index >= 15 is 0 Å². The monoisotopic (exact) mass is 531 g/mol. The van der Waals surface area contributed by atoms with Crippen LogP contribution in [-0.4, -0.2) is 45.4 Å².